The predicted octanol–water partition coefficient (Wildman–Crippen LogP) is 15.6. The van der Waals surface area contributed by atoms with Crippen LogP contribution in [-0.4, -0.2) is 34.8 Å². The minimum Gasteiger partial charge on any atom is -0.354 e. The summed E-state index contributed by atoms with van der Waals surface area (Å²) >= 11 is 0. The molecular formula is C66H52N10OP2. The first-order chi connectivity index (χ1) is 39.0. The number of benzene rings is 10. The Balaban J connectivity index is 0.000000180. The van der Waals surface area contributed by atoms with Gasteiger partial charge in [0.1, 0.15) is 0 Å². The number of nitrogens with one attached hydrogen (secondary N) is 3. The quantitative estimate of drug-likeness (QED) is 0.0731. The number of hydrogen-bond donors (Lipinski definition) is 4. The average Bonchev–Trinajstić information content (AvgIpc) is 3.55. The van der Waals surface area contributed by atoms with E-state index in [9.17, 15) is 4.89 Å². The number of nitrogens with zero attached hydrogens (tertiary/aromatic N) is 7. The second-order valence-corrected chi connectivity index (χ2v) is 20.1. The van der Waals surface area contributed by atoms with Gasteiger partial charge in [-0.1, -0.05) is 218 Å². The number of aromatic nitrogens is 6. The van der Waals surface area contributed by atoms with E-state index in [2.05, 4.69) is 61.6 Å². The fourth-order valence-corrected chi connectivity index (χ4v) is 10.2. The van der Waals surface area contributed by atoms with Crippen molar-refractivity contribution in [2.75, 3.05) is 20.6 Å². The summed E-state index contributed by atoms with van der Waals surface area (Å²) in [5, 5.41) is 12.3. The highest BCUT2D eigenvalue weighted by Gasteiger charge is 2.25. The average molecular weight is 1060 g/mol. The predicted molar refractivity (Wildman–Crippen MR) is 329 cm³/mol. The molecule has 0 saturated heterocycles. The van der Waals surface area contributed by atoms with E-state index in [-0.39, 0.29) is 0 Å². The zero-order chi connectivity index (χ0) is 53.6. The van der Waals surface area contributed by atoms with Crippen LogP contribution in [0.25, 0.3) is 56.7 Å². The number of anilines is 8. The van der Waals surface area contributed by atoms with Crippen LogP contribution in [0.1, 0.15) is 0 Å². The first-order valence-electron chi connectivity index (χ1n) is 25.6. The van der Waals surface area contributed by atoms with Crippen LogP contribution >= 0.6 is 17.5 Å². The highest BCUT2D eigenvalue weighted by atomic mass is 31.2. The maximum Gasteiger partial charge on any atom is 0.231 e. The Bertz CT molecular complexity index is 3780. The van der Waals surface area contributed by atoms with Gasteiger partial charge in [-0.2, -0.15) is 19.9 Å². The third kappa shape index (κ3) is 12.9. The molecule has 13 heteroatoms. The van der Waals surface area contributed by atoms with Crippen LogP contribution in [-0.2, 0) is 0 Å². The molecule has 0 aliphatic heterocycles. The summed E-state index contributed by atoms with van der Waals surface area (Å²) in [4.78, 5) is 40.7. The molecule has 0 amide bonds. The lowest BCUT2D eigenvalue weighted by Crippen LogP contribution is -2.18. The lowest BCUT2D eigenvalue weighted by molar-refractivity contribution is 0.634. The smallest absolute Gasteiger partial charge is 0.231 e. The standard InChI is InChI=1S/C39H31N5OP2.C27H21N5/c45-47(34-26-22-29(23-27-34)28-20-24-33(46)25-21-28)44(32-16-8-3-9-17-32)36-19-11-10-18-35(36)40-39-42-37(30-12-4-1-5-13-30)41-38(43-39)31-14-6-2-7-15-31;1-4-12-20(13-5-1)25-30-26(21-14-6-2-7-15-21)32-27(31-25)29-24-19-11-10-18-23(24)28-22-16-8-3-9-17-22/h1-27,45H,46H2,(H,40,41,42,43);1-19,28H,(H,29,30,31,32). The molecule has 0 aliphatic carbocycles. The lowest BCUT2D eigenvalue weighted by Gasteiger charge is -2.31. The Morgan fingerprint density at radius 3 is 1.10 bits per heavy atom. The summed E-state index contributed by atoms with van der Waals surface area (Å²) in [6, 6.07) is 92.0. The van der Waals surface area contributed by atoms with E-state index in [4.69, 9.17) is 29.9 Å². The van der Waals surface area contributed by atoms with Crippen LogP contribution in [0.2, 0.25) is 0 Å². The van der Waals surface area contributed by atoms with Crippen molar-refractivity contribution < 1.29 is 4.89 Å². The summed E-state index contributed by atoms with van der Waals surface area (Å²) in [6.07, 6.45) is 0. The molecule has 382 valence electrons. The highest BCUT2D eigenvalue weighted by Crippen LogP contribution is 2.48. The molecule has 2 heterocycles. The van der Waals surface area contributed by atoms with Gasteiger partial charge in [-0.05, 0) is 77.1 Å². The number of para-hydroxylation sites is 6. The van der Waals surface area contributed by atoms with Crippen molar-refractivity contribution in [3.8, 4) is 56.7 Å². The van der Waals surface area contributed by atoms with Crippen molar-refractivity contribution in [2.24, 2.45) is 0 Å². The molecule has 2 atom stereocenters. The van der Waals surface area contributed by atoms with E-state index < -0.39 is 8.30 Å². The van der Waals surface area contributed by atoms with Crippen LogP contribution in [0.15, 0.2) is 279 Å². The van der Waals surface area contributed by atoms with Crippen LogP contribution in [0.5, 0.6) is 0 Å². The topological polar surface area (TPSA) is 137 Å². The van der Waals surface area contributed by atoms with Gasteiger partial charge in [0, 0.05) is 38.9 Å². The van der Waals surface area contributed by atoms with Crippen molar-refractivity contribution in [3.63, 3.8) is 0 Å². The molecule has 0 aliphatic rings. The van der Waals surface area contributed by atoms with Gasteiger partial charge in [-0.15, -0.1) is 9.24 Å². The maximum atomic E-state index is 12.1. The number of hydrogen-bond acceptors (Lipinski definition) is 11. The van der Waals surface area contributed by atoms with Gasteiger partial charge in [0.2, 0.25) is 11.9 Å². The third-order valence-corrected chi connectivity index (χ3v) is 14.5. The molecule has 2 unspecified atom stereocenters. The molecule has 12 aromatic rings. The molecule has 2 aromatic heterocycles. The minimum atomic E-state index is -1.82. The molecule has 0 bridgehead atoms. The second-order valence-electron chi connectivity index (χ2n) is 18.0. The Hall–Kier alpha value is -9.76. The Morgan fingerprint density at radius 2 is 0.658 bits per heavy atom. The van der Waals surface area contributed by atoms with Gasteiger partial charge in [-0.25, -0.2) is 9.97 Å². The molecule has 0 saturated carbocycles. The summed E-state index contributed by atoms with van der Waals surface area (Å²) < 4.78 is 1.98. The minimum absolute atomic E-state index is 0.404. The molecular weight excluding hydrogens is 1010 g/mol. The molecule has 12 rings (SSSR count). The monoisotopic (exact) mass is 1060 g/mol. The van der Waals surface area contributed by atoms with Gasteiger partial charge in [-0.3, -0.25) is 4.67 Å². The first kappa shape index (κ1) is 51.4. The summed E-state index contributed by atoms with van der Waals surface area (Å²) in [6.45, 7) is 0. The Morgan fingerprint density at radius 1 is 0.316 bits per heavy atom. The molecule has 0 radical (unpaired) electrons. The van der Waals surface area contributed by atoms with E-state index in [0.29, 0.717) is 35.2 Å². The fraction of sp³-hybridized carbons (Fsp3) is 0. The fourth-order valence-electron chi connectivity index (χ4n) is 8.61. The molecule has 10 aromatic carbocycles. The Labute approximate surface area is 463 Å². The van der Waals surface area contributed by atoms with Crippen LogP contribution < -0.4 is 31.2 Å². The number of rotatable bonds is 15. The van der Waals surface area contributed by atoms with E-state index in [1.54, 1.807) is 0 Å². The summed E-state index contributed by atoms with van der Waals surface area (Å²) in [7, 11) is 0.902. The Kier molecular flexibility index (Phi) is 16.2. The van der Waals surface area contributed by atoms with E-state index in [1.165, 1.54) is 0 Å². The van der Waals surface area contributed by atoms with E-state index >= 15 is 0 Å². The van der Waals surface area contributed by atoms with Crippen molar-refractivity contribution >= 4 is 74.2 Å². The van der Waals surface area contributed by atoms with Gasteiger partial charge >= 0.3 is 0 Å². The summed E-state index contributed by atoms with van der Waals surface area (Å²) in [5.41, 5.74) is 11.1. The third-order valence-electron chi connectivity index (χ3n) is 12.5. The van der Waals surface area contributed by atoms with Gasteiger partial charge in [0.05, 0.1) is 22.7 Å². The SMILES string of the molecule is OP(c1ccc(-c2ccc(P)cc2)cc1)N(c1ccccc1)c1ccccc1Nc1nc(-c2ccccc2)nc(-c2ccccc2)n1.c1ccc(Nc2ccccc2Nc2nc(-c3ccccc3)nc(-c3ccccc3)n2)cc1. The zero-order valence-electron chi connectivity index (χ0n) is 42.7. The van der Waals surface area contributed by atoms with Crippen molar-refractivity contribution in [1.82, 2.24) is 29.9 Å². The van der Waals surface area contributed by atoms with Crippen LogP contribution in [0, 0.1) is 0 Å². The van der Waals surface area contributed by atoms with Gasteiger partial charge in [0.15, 0.2) is 31.6 Å². The van der Waals surface area contributed by atoms with Crippen molar-refractivity contribution in [1.29, 1.82) is 0 Å². The molecule has 0 fully saturated rings. The second kappa shape index (κ2) is 24.9. The molecule has 79 heavy (non-hydrogen) atoms. The molecule has 11 nitrogen and oxygen atoms in total. The molecule has 0 spiro atoms. The van der Waals surface area contributed by atoms with Crippen molar-refractivity contribution in [3.05, 3.63) is 279 Å². The largest absolute Gasteiger partial charge is 0.354 e. The van der Waals surface area contributed by atoms with Crippen molar-refractivity contribution in [2.45, 2.75) is 0 Å². The van der Waals surface area contributed by atoms with Crippen LogP contribution in [0.4, 0.5) is 46.0 Å². The molecule has 4 N–H and O–H groups in total. The highest BCUT2D eigenvalue weighted by molar-refractivity contribution is 7.62. The van der Waals surface area contributed by atoms with Gasteiger partial charge in [0.25, 0.3) is 0 Å². The van der Waals surface area contributed by atoms with Crippen LogP contribution in [0.3, 0.4) is 0 Å². The van der Waals surface area contributed by atoms with E-state index in [0.717, 1.165) is 78.1 Å². The normalized spacial score (nSPS) is 11.1. The van der Waals surface area contributed by atoms with Gasteiger partial charge < -0.3 is 20.8 Å². The van der Waals surface area contributed by atoms with E-state index in [1.807, 2.05) is 247 Å². The summed E-state index contributed by atoms with van der Waals surface area (Å²) in [5.74, 6) is 3.26. The zero-order valence-corrected chi connectivity index (χ0v) is 44.7. The first-order valence-corrected chi connectivity index (χ1v) is 27.4. The maximum absolute atomic E-state index is 12.1. The lowest BCUT2D eigenvalue weighted by atomic mass is 10.1.